The molecule has 3 rings (SSSR count). The predicted molar refractivity (Wildman–Crippen MR) is 80.4 cm³/mol. The van der Waals surface area contributed by atoms with Gasteiger partial charge in [-0.2, -0.15) is 5.10 Å². The Hall–Kier alpha value is -2.37. The number of halogens is 1. The number of phenolic OH excluding ortho intramolecular Hbond substituents is 1. The van der Waals surface area contributed by atoms with Gasteiger partial charge in [-0.15, -0.1) is 0 Å². The molecule has 1 atom stereocenters. The molecule has 0 radical (unpaired) electrons. The Balaban J connectivity index is 2.13. The van der Waals surface area contributed by atoms with Gasteiger partial charge in [-0.05, 0) is 19.4 Å². The third kappa shape index (κ3) is 2.34. The first-order valence-electron chi connectivity index (χ1n) is 7.36. The van der Waals surface area contributed by atoms with Crippen molar-refractivity contribution in [2.75, 3.05) is 5.32 Å². The molecule has 1 aliphatic rings. The number of aromatic nitrogens is 2. The molecule has 1 amide bonds. The average Bonchev–Trinajstić information content (AvgIpc) is 2.75. The number of phenols is 1. The van der Waals surface area contributed by atoms with E-state index in [-0.39, 0.29) is 24.0 Å². The molecule has 0 spiro atoms. The van der Waals surface area contributed by atoms with Crippen LogP contribution in [0.4, 0.5) is 10.2 Å². The summed E-state index contributed by atoms with van der Waals surface area (Å²) in [5.41, 5.74) is 2.27. The summed E-state index contributed by atoms with van der Waals surface area (Å²) in [5.74, 6) is -0.383. The highest BCUT2D eigenvalue weighted by atomic mass is 19.1. The molecule has 1 aromatic heterocycles. The quantitative estimate of drug-likeness (QED) is 0.916. The van der Waals surface area contributed by atoms with Crippen LogP contribution in [0.5, 0.6) is 5.75 Å². The van der Waals surface area contributed by atoms with Crippen molar-refractivity contribution in [2.24, 2.45) is 0 Å². The third-order valence-corrected chi connectivity index (χ3v) is 3.97. The first-order valence-corrected chi connectivity index (χ1v) is 7.36. The molecule has 0 unspecified atom stereocenters. The van der Waals surface area contributed by atoms with Gasteiger partial charge in [-0.25, -0.2) is 9.07 Å². The maximum Gasteiger partial charge on any atom is 0.226 e. The van der Waals surface area contributed by atoms with E-state index in [4.69, 9.17) is 0 Å². The third-order valence-electron chi connectivity index (χ3n) is 3.97. The normalized spacial score (nSPS) is 17.2. The molecule has 6 heteroatoms. The van der Waals surface area contributed by atoms with Gasteiger partial charge in [0.1, 0.15) is 17.4 Å². The number of carbonyl (C=O) groups is 1. The van der Waals surface area contributed by atoms with Gasteiger partial charge in [0.2, 0.25) is 5.91 Å². The molecule has 1 aliphatic heterocycles. The number of hydrogen-bond donors (Lipinski definition) is 2. The maximum atomic E-state index is 13.2. The van der Waals surface area contributed by atoms with Crippen molar-refractivity contribution < 1.29 is 14.3 Å². The monoisotopic (exact) mass is 303 g/mol. The van der Waals surface area contributed by atoms with Crippen LogP contribution in [0.1, 0.15) is 42.5 Å². The number of carbonyl (C=O) groups excluding carboxylic acids is 1. The average molecular weight is 303 g/mol. The summed E-state index contributed by atoms with van der Waals surface area (Å²) in [4.78, 5) is 12.0. The van der Waals surface area contributed by atoms with Crippen LogP contribution in [0.3, 0.4) is 0 Å². The van der Waals surface area contributed by atoms with Crippen molar-refractivity contribution in [1.82, 2.24) is 9.78 Å². The molecule has 0 fully saturated rings. The van der Waals surface area contributed by atoms with Crippen LogP contribution in [0.2, 0.25) is 0 Å². The van der Waals surface area contributed by atoms with Crippen molar-refractivity contribution >= 4 is 11.7 Å². The van der Waals surface area contributed by atoms with E-state index in [0.29, 0.717) is 17.9 Å². The molecule has 1 aromatic carbocycles. The molecule has 0 saturated heterocycles. The lowest BCUT2D eigenvalue weighted by Crippen LogP contribution is -2.25. The lowest BCUT2D eigenvalue weighted by atomic mass is 9.85. The summed E-state index contributed by atoms with van der Waals surface area (Å²) in [6.07, 6.45) is 1.11. The Bertz CT molecular complexity index is 739. The molecule has 22 heavy (non-hydrogen) atoms. The topological polar surface area (TPSA) is 67.2 Å². The van der Waals surface area contributed by atoms with Crippen molar-refractivity contribution in [3.05, 3.63) is 40.8 Å². The molecule has 2 heterocycles. The van der Waals surface area contributed by atoms with E-state index in [9.17, 15) is 14.3 Å². The molecular weight excluding hydrogens is 285 g/mol. The number of amides is 1. The fourth-order valence-electron chi connectivity index (χ4n) is 3.07. The number of aryl methyl sites for hydroxylation is 2. The summed E-state index contributed by atoms with van der Waals surface area (Å²) in [7, 11) is 0. The number of benzene rings is 1. The van der Waals surface area contributed by atoms with E-state index in [2.05, 4.69) is 10.4 Å². The largest absolute Gasteiger partial charge is 0.508 e. The Morgan fingerprint density at radius 2 is 2.27 bits per heavy atom. The van der Waals surface area contributed by atoms with Crippen LogP contribution in [-0.4, -0.2) is 20.8 Å². The molecular formula is C16H18FN3O2. The van der Waals surface area contributed by atoms with Crippen molar-refractivity contribution in [3.63, 3.8) is 0 Å². The van der Waals surface area contributed by atoms with E-state index in [1.54, 1.807) is 4.68 Å². The first kappa shape index (κ1) is 14.6. The smallest absolute Gasteiger partial charge is 0.226 e. The lowest BCUT2D eigenvalue weighted by molar-refractivity contribution is -0.116. The molecule has 2 aromatic rings. The van der Waals surface area contributed by atoms with Gasteiger partial charge in [0, 0.05) is 36.1 Å². The Morgan fingerprint density at radius 1 is 1.50 bits per heavy atom. The lowest BCUT2D eigenvalue weighted by Gasteiger charge is -2.25. The summed E-state index contributed by atoms with van der Waals surface area (Å²) in [6, 6.07) is 3.91. The van der Waals surface area contributed by atoms with E-state index in [0.717, 1.165) is 23.7 Å². The zero-order valence-corrected chi connectivity index (χ0v) is 12.6. The maximum absolute atomic E-state index is 13.2. The van der Waals surface area contributed by atoms with Crippen LogP contribution >= 0.6 is 0 Å². The highest BCUT2D eigenvalue weighted by Gasteiger charge is 2.33. The van der Waals surface area contributed by atoms with Crippen LogP contribution in [0.25, 0.3) is 0 Å². The SMILES string of the molecule is CCCn1nc(C)c2c1NC(=O)C[C@H]2c1ccc(F)cc1O. The zero-order valence-electron chi connectivity index (χ0n) is 12.6. The summed E-state index contributed by atoms with van der Waals surface area (Å²) >= 11 is 0. The zero-order chi connectivity index (χ0) is 15.9. The number of fused-ring (bicyclic) bond motifs is 1. The Labute approximate surface area is 127 Å². The second kappa shape index (κ2) is 5.44. The minimum atomic E-state index is -0.500. The first-order chi connectivity index (χ1) is 10.5. The molecule has 0 bridgehead atoms. The van der Waals surface area contributed by atoms with Gasteiger partial charge in [0.25, 0.3) is 0 Å². The number of anilines is 1. The van der Waals surface area contributed by atoms with Crippen LogP contribution < -0.4 is 5.32 Å². The second-order valence-corrected chi connectivity index (χ2v) is 5.58. The number of aromatic hydroxyl groups is 1. The number of nitrogens with one attached hydrogen (secondary N) is 1. The van der Waals surface area contributed by atoms with Crippen molar-refractivity contribution in [1.29, 1.82) is 0 Å². The second-order valence-electron chi connectivity index (χ2n) is 5.58. The predicted octanol–water partition coefficient (Wildman–Crippen LogP) is 2.92. The molecule has 116 valence electrons. The summed E-state index contributed by atoms with van der Waals surface area (Å²) in [5, 5.41) is 17.4. The van der Waals surface area contributed by atoms with Crippen molar-refractivity contribution in [3.8, 4) is 5.75 Å². The van der Waals surface area contributed by atoms with E-state index >= 15 is 0 Å². The molecule has 0 saturated carbocycles. The summed E-state index contributed by atoms with van der Waals surface area (Å²) < 4.78 is 15.0. The van der Waals surface area contributed by atoms with Gasteiger partial charge in [-0.1, -0.05) is 13.0 Å². The molecule has 5 nitrogen and oxygen atoms in total. The minimum absolute atomic E-state index is 0.126. The van der Waals surface area contributed by atoms with Crippen LogP contribution in [0, 0.1) is 12.7 Å². The number of nitrogens with zero attached hydrogens (tertiary/aromatic N) is 2. The molecule has 2 N–H and O–H groups in total. The summed E-state index contributed by atoms with van der Waals surface area (Å²) in [6.45, 7) is 4.63. The standard InChI is InChI=1S/C16H18FN3O2/c1-3-6-20-16-15(9(2)19-20)12(8-14(22)18-16)11-5-4-10(17)7-13(11)21/h4-5,7,12,21H,3,6,8H2,1-2H3,(H,18,22)/t12-/m0/s1. The highest BCUT2D eigenvalue weighted by molar-refractivity contribution is 5.94. The van der Waals surface area contributed by atoms with Gasteiger partial charge < -0.3 is 10.4 Å². The van der Waals surface area contributed by atoms with E-state index < -0.39 is 5.82 Å². The van der Waals surface area contributed by atoms with Gasteiger partial charge in [0.15, 0.2) is 0 Å². The fourth-order valence-corrected chi connectivity index (χ4v) is 3.07. The van der Waals surface area contributed by atoms with Gasteiger partial charge >= 0.3 is 0 Å². The Morgan fingerprint density at radius 3 is 2.95 bits per heavy atom. The number of hydrogen-bond acceptors (Lipinski definition) is 3. The van der Waals surface area contributed by atoms with Gasteiger partial charge in [0.05, 0.1) is 5.69 Å². The van der Waals surface area contributed by atoms with Crippen LogP contribution in [-0.2, 0) is 11.3 Å². The minimum Gasteiger partial charge on any atom is -0.508 e. The fraction of sp³-hybridized carbons (Fsp3) is 0.375. The van der Waals surface area contributed by atoms with Gasteiger partial charge in [-0.3, -0.25) is 4.79 Å². The number of rotatable bonds is 3. The Kier molecular flexibility index (Phi) is 3.60. The van der Waals surface area contributed by atoms with Crippen molar-refractivity contribution in [2.45, 2.75) is 39.2 Å². The van der Waals surface area contributed by atoms with Crippen LogP contribution in [0.15, 0.2) is 18.2 Å². The van der Waals surface area contributed by atoms with E-state index in [1.165, 1.54) is 12.1 Å². The highest BCUT2D eigenvalue weighted by Crippen LogP contribution is 2.42. The van der Waals surface area contributed by atoms with E-state index in [1.807, 2.05) is 13.8 Å². The molecule has 0 aliphatic carbocycles.